The minimum Gasteiger partial charge on any atom is -0.501 e. The van der Waals surface area contributed by atoms with E-state index in [0.717, 1.165) is 38.1 Å². The van der Waals surface area contributed by atoms with Gasteiger partial charge in [0, 0.05) is 0 Å². The highest BCUT2D eigenvalue weighted by atomic mass is 32.1. The van der Waals surface area contributed by atoms with Crippen LogP contribution in [0, 0.1) is 0 Å². The van der Waals surface area contributed by atoms with Gasteiger partial charge < -0.3 is 10.1 Å². The third-order valence-electron chi connectivity index (χ3n) is 2.92. The van der Waals surface area contributed by atoms with Crippen LogP contribution in [0.5, 0.6) is 0 Å². The Morgan fingerprint density at radius 1 is 1.53 bits per heavy atom. The van der Waals surface area contributed by atoms with Gasteiger partial charge in [0.2, 0.25) is 0 Å². The molecule has 1 unspecified atom stereocenters. The highest BCUT2D eigenvalue weighted by Crippen LogP contribution is 2.31. The maximum atomic E-state index is 5.44. The van der Waals surface area contributed by atoms with Gasteiger partial charge in [-0.1, -0.05) is 18.3 Å². The number of hydrogen-bond acceptors (Lipinski definition) is 5. The third-order valence-corrected chi connectivity index (χ3v) is 3.75. The molecule has 2 heterocycles. The molecule has 4 nitrogen and oxygen atoms in total. The average molecular weight is 253 g/mol. The van der Waals surface area contributed by atoms with E-state index < -0.39 is 0 Å². The lowest BCUT2D eigenvalue weighted by atomic mass is 9.99. The Morgan fingerprint density at radius 2 is 2.41 bits per heavy atom. The summed E-state index contributed by atoms with van der Waals surface area (Å²) in [5, 5.41) is 7.70. The third kappa shape index (κ3) is 2.84. The Kier molecular flexibility index (Phi) is 4.50. The first-order chi connectivity index (χ1) is 8.36. The van der Waals surface area contributed by atoms with E-state index in [9.17, 15) is 0 Å². The van der Waals surface area contributed by atoms with Crippen molar-refractivity contribution < 1.29 is 4.74 Å². The van der Waals surface area contributed by atoms with Crippen molar-refractivity contribution in [3.8, 4) is 0 Å². The molecule has 0 saturated heterocycles. The summed E-state index contributed by atoms with van der Waals surface area (Å²) >= 11 is 1.50. The summed E-state index contributed by atoms with van der Waals surface area (Å²) in [6, 6.07) is 0.232. The quantitative estimate of drug-likeness (QED) is 0.875. The van der Waals surface area contributed by atoms with Gasteiger partial charge in [-0.05, 0) is 42.9 Å². The van der Waals surface area contributed by atoms with Crippen LogP contribution < -0.4 is 5.32 Å². The van der Waals surface area contributed by atoms with Crippen molar-refractivity contribution >= 4 is 11.5 Å². The molecule has 0 radical (unpaired) electrons. The Bertz CT molecular complexity index is 389. The highest BCUT2D eigenvalue weighted by molar-refractivity contribution is 7.05. The van der Waals surface area contributed by atoms with Crippen LogP contribution in [-0.2, 0) is 11.2 Å². The molecule has 1 aromatic heterocycles. The molecule has 0 fully saturated rings. The molecule has 94 valence electrons. The maximum absolute atomic E-state index is 5.44. The number of rotatable bonds is 5. The molecule has 0 amide bonds. The van der Waals surface area contributed by atoms with Crippen LogP contribution in [0.2, 0.25) is 0 Å². The Labute approximate surface area is 106 Å². The average Bonchev–Trinajstić information content (AvgIpc) is 2.85. The number of nitrogens with one attached hydrogen (secondary N) is 1. The second-order valence-corrected chi connectivity index (χ2v) is 4.88. The molecular weight excluding hydrogens is 234 g/mol. The number of likely N-dealkylation sites (N-methyl/N-ethyl adjacent to an activating group) is 1. The number of aromatic nitrogens is 2. The van der Waals surface area contributed by atoms with Gasteiger partial charge in [-0.2, -0.15) is 0 Å². The Balaban J connectivity index is 2.24. The molecular formula is C12H19N3OS. The largest absolute Gasteiger partial charge is 0.501 e. The molecule has 1 aliphatic rings. The fraction of sp³-hybridized carbons (Fsp3) is 0.667. The Hall–Kier alpha value is -0.940. The van der Waals surface area contributed by atoms with E-state index in [-0.39, 0.29) is 6.04 Å². The van der Waals surface area contributed by atoms with Crippen molar-refractivity contribution in [2.75, 3.05) is 13.2 Å². The summed E-state index contributed by atoms with van der Waals surface area (Å²) in [5.41, 5.74) is 2.42. The summed E-state index contributed by atoms with van der Waals surface area (Å²) in [6.45, 7) is 6.01. The molecule has 1 aromatic rings. The molecule has 0 bridgehead atoms. The van der Waals surface area contributed by atoms with Crippen molar-refractivity contribution in [1.82, 2.24) is 14.9 Å². The summed E-state index contributed by atoms with van der Waals surface area (Å²) in [4.78, 5) is 1.24. The first-order valence-corrected chi connectivity index (χ1v) is 6.99. The van der Waals surface area contributed by atoms with E-state index in [1.165, 1.54) is 22.0 Å². The van der Waals surface area contributed by atoms with E-state index in [1.807, 2.05) is 6.26 Å². The van der Waals surface area contributed by atoms with Gasteiger partial charge in [-0.25, -0.2) is 0 Å². The predicted octanol–water partition coefficient (Wildman–Crippen LogP) is 2.45. The minimum absolute atomic E-state index is 0.232. The van der Waals surface area contributed by atoms with Crippen LogP contribution in [0.3, 0.4) is 0 Å². The molecule has 2 rings (SSSR count). The monoisotopic (exact) mass is 253 g/mol. The first kappa shape index (κ1) is 12.5. The molecule has 0 saturated carbocycles. The molecule has 17 heavy (non-hydrogen) atoms. The zero-order valence-electron chi connectivity index (χ0n) is 10.4. The van der Waals surface area contributed by atoms with Crippen molar-refractivity contribution in [2.24, 2.45) is 0 Å². The molecule has 5 heteroatoms. The topological polar surface area (TPSA) is 47.0 Å². The van der Waals surface area contributed by atoms with E-state index in [1.54, 1.807) is 0 Å². The fourth-order valence-electron chi connectivity index (χ4n) is 2.07. The number of aryl methyl sites for hydroxylation is 1. The van der Waals surface area contributed by atoms with Gasteiger partial charge in [0.1, 0.15) is 0 Å². The summed E-state index contributed by atoms with van der Waals surface area (Å²) in [6.07, 6.45) is 5.04. The van der Waals surface area contributed by atoms with E-state index >= 15 is 0 Å². The van der Waals surface area contributed by atoms with Crippen LogP contribution in [0.15, 0.2) is 11.8 Å². The smallest absolute Gasteiger partial charge is 0.0876 e. The van der Waals surface area contributed by atoms with Crippen LogP contribution in [-0.4, -0.2) is 22.7 Å². The molecule has 1 atom stereocenters. The van der Waals surface area contributed by atoms with Gasteiger partial charge in [0.25, 0.3) is 0 Å². The summed E-state index contributed by atoms with van der Waals surface area (Å²) in [7, 11) is 0. The van der Waals surface area contributed by atoms with E-state index in [2.05, 4.69) is 28.8 Å². The summed E-state index contributed by atoms with van der Waals surface area (Å²) in [5.74, 6) is 0. The van der Waals surface area contributed by atoms with Crippen LogP contribution in [0.1, 0.15) is 43.3 Å². The zero-order valence-corrected chi connectivity index (χ0v) is 11.2. The molecule has 0 aliphatic carbocycles. The van der Waals surface area contributed by atoms with Gasteiger partial charge in [-0.3, -0.25) is 0 Å². The minimum atomic E-state index is 0.232. The zero-order chi connectivity index (χ0) is 12.1. The number of nitrogens with zero attached hydrogens (tertiary/aromatic N) is 2. The normalized spacial score (nSPS) is 17.4. The second-order valence-electron chi connectivity index (χ2n) is 4.10. The number of ether oxygens (including phenoxy) is 1. The maximum Gasteiger partial charge on any atom is 0.0876 e. The molecule has 1 aliphatic heterocycles. The lowest BCUT2D eigenvalue weighted by Crippen LogP contribution is -2.24. The fourth-order valence-corrected chi connectivity index (χ4v) is 2.93. The second kappa shape index (κ2) is 6.12. The Morgan fingerprint density at radius 3 is 3.06 bits per heavy atom. The van der Waals surface area contributed by atoms with E-state index in [0.29, 0.717) is 0 Å². The van der Waals surface area contributed by atoms with Gasteiger partial charge in [-0.15, -0.1) is 5.10 Å². The summed E-state index contributed by atoms with van der Waals surface area (Å²) < 4.78 is 9.52. The van der Waals surface area contributed by atoms with Crippen molar-refractivity contribution in [2.45, 2.75) is 39.2 Å². The molecule has 0 aromatic carbocycles. The number of hydrogen-bond donors (Lipinski definition) is 1. The molecule has 1 N–H and O–H groups in total. The van der Waals surface area contributed by atoms with Crippen LogP contribution in [0.25, 0.3) is 0 Å². The van der Waals surface area contributed by atoms with E-state index in [4.69, 9.17) is 4.74 Å². The van der Waals surface area contributed by atoms with Gasteiger partial charge >= 0.3 is 0 Å². The van der Waals surface area contributed by atoms with Crippen molar-refractivity contribution in [1.29, 1.82) is 0 Å². The van der Waals surface area contributed by atoms with Gasteiger partial charge in [0.15, 0.2) is 0 Å². The highest BCUT2D eigenvalue weighted by Gasteiger charge is 2.23. The lowest BCUT2D eigenvalue weighted by Gasteiger charge is -2.23. The van der Waals surface area contributed by atoms with Crippen molar-refractivity contribution in [3.63, 3.8) is 0 Å². The molecule has 0 spiro atoms. The first-order valence-electron chi connectivity index (χ1n) is 6.21. The van der Waals surface area contributed by atoms with Crippen LogP contribution >= 0.6 is 11.5 Å². The standard InChI is InChI=1S/C12H19N3OS/c1-3-10-12(17-15-14-10)11(13-4-2)9-6-5-7-16-8-9/h8,11,13H,3-7H2,1-2H3. The predicted molar refractivity (Wildman–Crippen MR) is 69.0 cm³/mol. The lowest BCUT2D eigenvalue weighted by molar-refractivity contribution is 0.219. The van der Waals surface area contributed by atoms with Crippen molar-refractivity contribution in [3.05, 3.63) is 22.4 Å². The van der Waals surface area contributed by atoms with Crippen LogP contribution in [0.4, 0.5) is 0 Å². The van der Waals surface area contributed by atoms with Gasteiger partial charge in [0.05, 0.1) is 29.5 Å². The SMILES string of the molecule is CCNC(C1=COCCC1)c1snnc1CC.